The highest BCUT2D eigenvalue weighted by Crippen LogP contribution is 2.34. The Kier molecular flexibility index (Phi) is 8.34. The molecule has 3 rings (SSSR count). The number of hydrogen-bond donors (Lipinski definition) is 1. The lowest BCUT2D eigenvalue weighted by Gasteiger charge is -2.14. The fourth-order valence-electron chi connectivity index (χ4n) is 2.75. The Labute approximate surface area is 180 Å². The predicted molar refractivity (Wildman–Crippen MR) is 118 cm³/mol. The molecule has 0 saturated carbocycles. The van der Waals surface area contributed by atoms with Crippen molar-refractivity contribution in [3.8, 4) is 17.4 Å². The summed E-state index contributed by atoms with van der Waals surface area (Å²) in [6.45, 7) is 2.69. The zero-order valence-electron chi connectivity index (χ0n) is 16.4. The molecule has 1 heterocycles. The molecule has 0 aliphatic heterocycles. The average molecular weight is 457 g/mol. The Bertz CT molecular complexity index is 876. The predicted octanol–water partition coefficient (Wildman–Crippen LogP) is 4.99. The number of pyridine rings is 1. The van der Waals surface area contributed by atoms with E-state index in [0.29, 0.717) is 19.1 Å². The highest BCUT2D eigenvalue weighted by molar-refractivity contribution is 9.10. The minimum Gasteiger partial charge on any atom is -0.493 e. The summed E-state index contributed by atoms with van der Waals surface area (Å²) >= 11 is 3.64. The SMILES string of the molecule is COc1cc(CNCCCOc2ccccn2)c(Br)cc1OCc1ccccc1. The van der Waals surface area contributed by atoms with Gasteiger partial charge in [-0.15, -0.1) is 0 Å². The Morgan fingerprint density at radius 2 is 1.79 bits per heavy atom. The summed E-state index contributed by atoms with van der Waals surface area (Å²) in [5.41, 5.74) is 2.23. The van der Waals surface area contributed by atoms with Crippen LogP contribution in [0.25, 0.3) is 0 Å². The topological polar surface area (TPSA) is 52.6 Å². The molecule has 0 aliphatic carbocycles. The van der Waals surface area contributed by atoms with Gasteiger partial charge in [0.2, 0.25) is 5.88 Å². The Balaban J connectivity index is 1.46. The minimum absolute atomic E-state index is 0.498. The summed E-state index contributed by atoms with van der Waals surface area (Å²) in [6, 6.07) is 19.7. The van der Waals surface area contributed by atoms with Gasteiger partial charge in [-0.05, 0) is 42.3 Å². The maximum absolute atomic E-state index is 5.95. The largest absolute Gasteiger partial charge is 0.493 e. The van der Waals surface area contributed by atoms with Crippen molar-refractivity contribution >= 4 is 15.9 Å². The van der Waals surface area contributed by atoms with Gasteiger partial charge in [-0.1, -0.05) is 52.3 Å². The van der Waals surface area contributed by atoms with E-state index in [4.69, 9.17) is 14.2 Å². The summed E-state index contributed by atoms with van der Waals surface area (Å²) in [6.07, 6.45) is 2.62. The van der Waals surface area contributed by atoms with Crippen LogP contribution in [0.2, 0.25) is 0 Å². The zero-order valence-corrected chi connectivity index (χ0v) is 18.0. The van der Waals surface area contributed by atoms with Gasteiger partial charge in [0.05, 0.1) is 13.7 Å². The molecule has 1 aromatic heterocycles. The number of nitrogens with one attached hydrogen (secondary N) is 1. The van der Waals surface area contributed by atoms with Gasteiger partial charge in [0, 0.05) is 23.3 Å². The fraction of sp³-hybridized carbons (Fsp3) is 0.261. The highest BCUT2D eigenvalue weighted by Gasteiger charge is 2.10. The van der Waals surface area contributed by atoms with Crippen LogP contribution in [0.15, 0.2) is 71.3 Å². The summed E-state index contributed by atoms with van der Waals surface area (Å²) in [7, 11) is 1.66. The molecule has 0 radical (unpaired) electrons. The average Bonchev–Trinajstić information content (AvgIpc) is 2.77. The quantitative estimate of drug-likeness (QED) is 0.411. The normalized spacial score (nSPS) is 10.6. The van der Waals surface area contributed by atoms with Gasteiger partial charge in [0.15, 0.2) is 11.5 Å². The second kappa shape index (κ2) is 11.4. The molecule has 0 atom stereocenters. The molecule has 3 aromatic rings. The lowest BCUT2D eigenvalue weighted by atomic mass is 10.2. The van der Waals surface area contributed by atoms with Crippen LogP contribution < -0.4 is 19.5 Å². The third kappa shape index (κ3) is 6.76. The third-order valence-electron chi connectivity index (χ3n) is 4.27. The first-order valence-corrected chi connectivity index (χ1v) is 10.3. The van der Waals surface area contributed by atoms with Gasteiger partial charge in [0.1, 0.15) is 6.61 Å². The van der Waals surface area contributed by atoms with E-state index in [1.165, 1.54) is 0 Å². The zero-order chi connectivity index (χ0) is 20.3. The van der Waals surface area contributed by atoms with E-state index in [-0.39, 0.29) is 0 Å². The molecule has 5 nitrogen and oxygen atoms in total. The monoisotopic (exact) mass is 456 g/mol. The molecule has 2 aromatic carbocycles. The van der Waals surface area contributed by atoms with Gasteiger partial charge >= 0.3 is 0 Å². The van der Waals surface area contributed by atoms with Gasteiger partial charge in [-0.3, -0.25) is 0 Å². The van der Waals surface area contributed by atoms with E-state index >= 15 is 0 Å². The van der Waals surface area contributed by atoms with Crippen molar-refractivity contribution in [3.05, 3.63) is 82.5 Å². The van der Waals surface area contributed by atoms with E-state index in [0.717, 1.165) is 46.6 Å². The smallest absolute Gasteiger partial charge is 0.213 e. The van der Waals surface area contributed by atoms with Crippen molar-refractivity contribution in [3.63, 3.8) is 0 Å². The molecule has 0 saturated heterocycles. The van der Waals surface area contributed by atoms with Crippen molar-refractivity contribution in [2.24, 2.45) is 0 Å². The van der Waals surface area contributed by atoms with E-state index in [2.05, 4.69) is 26.2 Å². The van der Waals surface area contributed by atoms with E-state index in [9.17, 15) is 0 Å². The lowest BCUT2D eigenvalue weighted by molar-refractivity contribution is 0.284. The number of ether oxygens (including phenoxy) is 3. The molecule has 0 amide bonds. The first-order valence-electron chi connectivity index (χ1n) is 9.54. The standard InChI is InChI=1S/C23H25BrN2O3/c1-27-21-14-19(16-25-11-7-13-28-23-10-5-6-12-26-23)20(24)15-22(21)29-17-18-8-3-2-4-9-18/h2-6,8-10,12,14-15,25H,7,11,13,16-17H2,1H3. The van der Waals surface area contributed by atoms with Crippen LogP contribution in [0.3, 0.4) is 0 Å². The number of rotatable bonds is 11. The number of methoxy groups -OCH3 is 1. The number of halogens is 1. The maximum atomic E-state index is 5.95. The van der Waals surface area contributed by atoms with Gasteiger partial charge in [-0.25, -0.2) is 4.98 Å². The molecule has 1 N–H and O–H groups in total. The van der Waals surface area contributed by atoms with Crippen molar-refractivity contribution < 1.29 is 14.2 Å². The van der Waals surface area contributed by atoms with E-state index in [1.807, 2.05) is 60.7 Å². The van der Waals surface area contributed by atoms with Crippen molar-refractivity contribution in [2.45, 2.75) is 19.6 Å². The molecular weight excluding hydrogens is 432 g/mol. The summed E-state index contributed by atoms with van der Waals surface area (Å²) in [5, 5.41) is 3.43. The van der Waals surface area contributed by atoms with Crippen LogP contribution in [0, 0.1) is 0 Å². The summed E-state index contributed by atoms with van der Waals surface area (Å²) in [4.78, 5) is 4.14. The van der Waals surface area contributed by atoms with Gasteiger partial charge in [-0.2, -0.15) is 0 Å². The molecular formula is C23H25BrN2O3. The minimum atomic E-state index is 0.498. The Morgan fingerprint density at radius 3 is 2.55 bits per heavy atom. The van der Waals surface area contributed by atoms with E-state index in [1.54, 1.807) is 13.3 Å². The molecule has 0 fully saturated rings. The van der Waals surface area contributed by atoms with Gasteiger partial charge < -0.3 is 19.5 Å². The maximum Gasteiger partial charge on any atom is 0.213 e. The summed E-state index contributed by atoms with van der Waals surface area (Å²) in [5.74, 6) is 2.10. The second-order valence-corrected chi connectivity index (χ2v) is 7.27. The number of hydrogen-bond acceptors (Lipinski definition) is 5. The number of aromatic nitrogens is 1. The molecule has 29 heavy (non-hydrogen) atoms. The first-order chi connectivity index (χ1) is 14.3. The number of nitrogens with zero attached hydrogens (tertiary/aromatic N) is 1. The third-order valence-corrected chi connectivity index (χ3v) is 5.01. The molecule has 0 spiro atoms. The van der Waals surface area contributed by atoms with Crippen LogP contribution in [0.4, 0.5) is 0 Å². The first kappa shape index (κ1) is 21.1. The van der Waals surface area contributed by atoms with Crippen LogP contribution in [-0.4, -0.2) is 25.2 Å². The summed E-state index contributed by atoms with van der Waals surface area (Å²) < 4.78 is 18.1. The molecule has 6 heteroatoms. The molecule has 152 valence electrons. The Morgan fingerprint density at radius 1 is 0.966 bits per heavy atom. The number of benzene rings is 2. The molecule has 0 aliphatic rings. The van der Waals surface area contributed by atoms with E-state index < -0.39 is 0 Å². The Hall–Kier alpha value is -2.57. The fourth-order valence-corrected chi connectivity index (χ4v) is 3.21. The second-order valence-electron chi connectivity index (χ2n) is 6.42. The van der Waals surface area contributed by atoms with Crippen LogP contribution >= 0.6 is 15.9 Å². The highest BCUT2D eigenvalue weighted by atomic mass is 79.9. The van der Waals surface area contributed by atoms with Crippen molar-refractivity contribution in [1.82, 2.24) is 10.3 Å². The molecule has 0 bridgehead atoms. The van der Waals surface area contributed by atoms with Gasteiger partial charge in [0.25, 0.3) is 0 Å². The van der Waals surface area contributed by atoms with Crippen molar-refractivity contribution in [2.75, 3.05) is 20.3 Å². The van der Waals surface area contributed by atoms with Crippen molar-refractivity contribution in [1.29, 1.82) is 0 Å². The van der Waals surface area contributed by atoms with Crippen LogP contribution in [0.1, 0.15) is 17.5 Å². The van der Waals surface area contributed by atoms with Crippen LogP contribution in [0.5, 0.6) is 17.4 Å². The van der Waals surface area contributed by atoms with Crippen LogP contribution in [-0.2, 0) is 13.2 Å². The lowest BCUT2D eigenvalue weighted by Crippen LogP contribution is -2.17. The molecule has 0 unspecified atom stereocenters.